The molecule has 3 rings (SSSR count). The zero-order valence-electron chi connectivity index (χ0n) is 14.9. The molecule has 1 saturated heterocycles. The molecule has 0 bridgehead atoms. The van der Waals surface area contributed by atoms with Crippen molar-refractivity contribution >= 4 is 5.91 Å². The lowest BCUT2D eigenvalue weighted by Gasteiger charge is -2.24. The maximum Gasteiger partial charge on any atom is 0.254 e. The van der Waals surface area contributed by atoms with Crippen molar-refractivity contribution in [3.63, 3.8) is 0 Å². The Hall–Kier alpha value is -2.13. The summed E-state index contributed by atoms with van der Waals surface area (Å²) in [5.74, 6) is 0.167. The molecular formula is C22H27NO2. The summed E-state index contributed by atoms with van der Waals surface area (Å²) < 4.78 is 0. The van der Waals surface area contributed by atoms with Gasteiger partial charge in [-0.1, -0.05) is 49.7 Å². The zero-order chi connectivity index (χ0) is 17.6. The Labute approximate surface area is 150 Å². The summed E-state index contributed by atoms with van der Waals surface area (Å²) in [4.78, 5) is 14.9. The van der Waals surface area contributed by atoms with Gasteiger partial charge in [-0.05, 0) is 54.5 Å². The van der Waals surface area contributed by atoms with Crippen molar-refractivity contribution in [3.05, 3.63) is 59.7 Å². The van der Waals surface area contributed by atoms with Crippen LogP contribution in [0.3, 0.4) is 0 Å². The molecule has 2 aromatic carbocycles. The van der Waals surface area contributed by atoms with Crippen LogP contribution >= 0.6 is 0 Å². The van der Waals surface area contributed by atoms with Gasteiger partial charge in [-0.15, -0.1) is 0 Å². The number of amides is 1. The Morgan fingerprint density at radius 3 is 2.32 bits per heavy atom. The molecule has 25 heavy (non-hydrogen) atoms. The molecular weight excluding hydrogens is 310 g/mol. The van der Waals surface area contributed by atoms with Crippen molar-refractivity contribution in [3.8, 4) is 11.1 Å². The van der Waals surface area contributed by atoms with E-state index in [0.717, 1.165) is 54.5 Å². The topological polar surface area (TPSA) is 40.5 Å². The van der Waals surface area contributed by atoms with E-state index in [2.05, 4.69) is 24.0 Å². The van der Waals surface area contributed by atoms with Gasteiger partial charge in [0.25, 0.3) is 5.91 Å². The van der Waals surface area contributed by atoms with Crippen molar-refractivity contribution in [1.29, 1.82) is 0 Å². The Morgan fingerprint density at radius 1 is 1.08 bits per heavy atom. The molecule has 1 heterocycles. The predicted molar refractivity (Wildman–Crippen MR) is 102 cm³/mol. The van der Waals surface area contributed by atoms with Crippen LogP contribution in [0.5, 0.6) is 0 Å². The highest BCUT2D eigenvalue weighted by molar-refractivity contribution is 5.95. The summed E-state index contributed by atoms with van der Waals surface area (Å²) in [6, 6.07) is 16.6. The monoisotopic (exact) mass is 337 g/mol. The van der Waals surface area contributed by atoms with Crippen LogP contribution in [0.2, 0.25) is 0 Å². The third-order valence-electron chi connectivity index (χ3n) is 5.08. The second-order valence-electron chi connectivity index (χ2n) is 6.83. The highest BCUT2D eigenvalue weighted by atomic mass is 16.3. The molecule has 2 aromatic rings. The Balaban J connectivity index is 1.72. The maximum absolute atomic E-state index is 12.8. The van der Waals surface area contributed by atoms with Gasteiger partial charge in [0.1, 0.15) is 0 Å². The minimum Gasteiger partial charge on any atom is -0.396 e. The van der Waals surface area contributed by atoms with E-state index in [1.807, 2.05) is 36.4 Å². The van der Waals surface area contributed by atoms with Crippen LogP contribution in [-0.4, -0.2) is 35.1 Å². The molecule has 1 aliphatic heterocycles. The van der Waals surface area contributed by atoms with Crippen molar-refractivity contribution in [2.45, 2.75) is 45.1 Å². The van der Waals surface area contributed by atoms with Crippen molar-refractivity contribution in [2.75, 3.05) is 13.2 Å². The van der Waals surface area contributed by atoms with Crippen LogP contribution in [0.25, 0.3) is 11.1 Å². The minimum atomic E-state index is 0.167. The fraction of sp³-hybridized carbons (Fsp3) is 0.409. The van der Waals surface area contributed by atoms with E-state index in [-0.39, 0.29) is 12.5 Å². The van der Waals surface area contributed by atoms with E-state index < -0.39 is 0 Å². The number of hydrogen-bond donors (Lipinski definition) is 1. The molecule has 0 spiro atoms. The average Bonchev–Trinajstić information content (AvgIpc) is 3.11. The van der Waals surface area contributed by atoms with Crippen LogP contribution < -0.4 is 0 Å². The Bertz CT molecular complexity index is 691. The molecule has 132 valence electrons. The van der Waals surface area contributed by atoms with Gasteiger partial charge in [0.15, 0.2) is 0 Å². The molecule has 1 atom stereocenters. The molecule has 1 amide bonds. The highest BCUT2D eigenvalue weighted by Gasteiger charge is 2.28. The summed E-state index contributed by atoms with van der Waals surface area (Å²) in [7, 11) is 0. The predicted octanol–water partition coefficient (Wildman–Crippen LogP) is 4.29. The lowest BCUT2D eigenvalue weighted by Crippen LogP contribution is -2.35. The second-order valence-corrected chi connectivity index (χ2v) is 6.83. The van der Waals surface area contributed by atoms with Crippen LogP contribution in [0.1, 0.15) is 48.5 Å². The normalized spacial score (nSPS) is 17.0. The highest BCUT2D eigenvalue weighted by Crippen LogP contribution is 2.25. The minimum absolute atomic E-state index is 0.167. The first-order valence-corrected chi connectivity index (χ1v) is 9.34. The number of aliphatic hydroxyl groups is 1. The Kier molecular flexibility index (Phi) is 5.87. The number of carbonyl (C=O) groups excluding carboxylic acids is 1. The number of rotatable bonds is 6. The van der Waals surface area contributed by atoms with E-state index in [1.165, 1.54) is 0 Å². The number of likely N-dealkylation sites (tertiary alicyclic amines) is 1. The SMILES string of the molecule is CCC[C@@H]1CCCN1C(=O)c1ccc(-c2ccc(CCO)cc2)cc1. The molecule has 1 N–H and O–H groups in total. The van der Waals surface area contributed by atoms with Crippen molar-refractivity contribution < 1.29 is 9.90 Å². The van der Waals surface area contributed by atoms with Crippen LogP contribution in [0.15, 0.2) is 48.5 Å². The van der Waals surface area contributed by atoms with Crippen molar-refractivity contribution in [2.24, 2.45) is 0 Å². The van der Waals surface area contributed by atoms with Gasteiger partial charge in [-0.25, -0.2) is 0 Å². The second kappa shape index (κ2) is 8.30. The van der Waals surface area contributed by atoms with E-state index in [1.54, 1.807) is 0 Å². The molecule has 1 fully saturated rings. The summed E-state index contributed by atoms with van der Waals surface area (Å²) in [5.41, 5.74) is 4.15. The molecule has 3 nitrogen and oxygen atoms in total. The van der Waals surface area contributed by atoms with Gasteiger partial charge in [-0.2, -0.15) is 0 Å². The standard InChI is InChI=1S/C22H27NO2/c1-2-4-21-5-3-15-23(21)22(25)20-12-10-19(11-13-20)18-8-6-17(7-9-18)14-16-24/h6-13,21,24H,2-5,14-16H2,1H3/t21-/m1/s1. The first kappa shape index (κ1) is 17.7. The molecule has 0 unspecified atom stereocenters. The summed E-state index contributed by atoms with van der Waals surface area (Å²) in [6.07, 6.45) is 5.17. The van der Waals surface area contributed by atoms with Gasteiger partial charge in [-0.3, -0.25) is 4.79 Å². The van der Waals surface area contributed by atoms with Gasteiger partial charge in [0, 0.05) is 24.8 Å². The summed E-state index contributed by atoms with van der Waals surface area (Å²) in [5, 5.41) is 8.99. The number of aliphatic hydroxyl groups excluding tert-OH is 1. The van der Waals surface area contributed by atoms with E-state index >= 15 is 0 Å². The fourth-order valence-corrected chi connectivity index (χ4v) is 3.70. The van der Waals surface area contributed by atoms with E-state index in [9.17, 15) is 4.79 Å². The zero-order valence-corrected chi connectivity index (χ0v) is 14.9. The quantitative estimate of drug-likeness (QED) is 0.854. The number of nitrogens with zero attached hydrogens (tertiary/aromatic N) is 1. The van der Waals surface area contributed by atoms with Gasteiger partial charge in [0.05, 0.1) is 0 Å². The number of hydrogen-bond acceptors (Lipinski definition) is 2. The molecule has 1 aliphatic rings. The van der Waals surface area contributed by atoms with E-state index in [4.69, 9.17) is 5.11 Å². The lowest BCUT2D eigenvalue weighted by atomic mass is 10.0. The van der Waals surface area contributed by atoms with Gasteiger partial charge in [0.2, 0.25) is 0 Å². The van der Waals surface area contributed by atoms with Crippen molar-refractivity contribution in [1.82, 2.24) is 4.90 Å². The smallest absolute Gasteiger partial charge is 0.254 e. The van der Waals surface area contributed by atoms with Gasteiger partial charge >= 0.3 is 0 Å². The number of carbonyl (C=O) groups is 1. The van der Waals surface area contributed by atoms with E-state index in [0.29, 0.717) is 12.5 Å². The Morgan fingerprint density at radius 2 is 1.72 bits per heavy atom. The largest absolute Gasteiger partial charge is 0.396 e. The molecule has 0 aromatic heterocycles. The van der Waals surface area contributed by atoms with Gasteiger partial charge < -0.3 is 10.0 Å². The maximum atomic E-state index is 12.8. The third-order valence-corrected chi connectivity index (χ3v) is 5.08. The first-order chi connectivity index (χ1) is 12.2. The molecule has 0 aliphatic carbocycles. The molecule has 0 saturated carbocycles. The first-order valence-electron chi connectivity index (χ1n) is 9.34. The summed E-state index contributed by atoms with van der Waals surface area (Å²) in [6.45, 7) is 3.24. The lowest BCUT2D eigenvalue weighted by molar-refractivity contribution is 0.0730. The number of benzene rings is 2. The summed E-state index contributed by atoms with van der Waals surface area (Å²) >= 11 is 0. The fourth-order valence-electron chi connectivity index (χ4n) is 3.70. The third kappa shape index (κ3) is 4.10. The molecule has 0 radical (unpaired) electrons. The van der Waals surface area contributed by atoms with Crippen LogP contribution in [-0.2, 0) is 6.42 Å². The van der Waals surface area contributed by atoms with Crippen LogP contribution in [0.4, 0.5) is 0 Å². The average molecular weight is 337 g/mol. The molecule has 3 heteroatoms. The van der Waals surface area contributed by atoms with Crippen LogP contribution in [0, 0.1) is 0 Å².